The maximum Gasteiger partial charge on any atom is 0.237 e. The lowest BCUT2D eigenvalue weighted by molar-refractivity contribution is 0.540. The number of aryl methyl sites for hydroxylation is 2. The molecule has 68 valence electrons. The van der Waals surface area contributed by atoms with Crippen LogP contribution in [0.15, 0.2) is 6.07 Å². The Balaban J connectivity index is 2.94. The topological polar surface area (TPSA) is 30.2 Å². The molecule has 0 aliphatic rings. The van der Waals surface area contributed by atoms with Crippen molar-refractivity contribution in [3.05, 3.63) is 28.4 Å². The van der Waals surface area contributed by atoms with Crippen LogP contribution in [0.2, 0.25) is 5.15 Å². The van der Waals surface area contributed by atoms with Crippen molar-refractivity contribution >= 4 is 17.2 Å². The Labute approximate surface area is 79.2 Å². The zero-order valence-electron chi connectivity index (χ0n) is 7.17. The molecular weight excluding hydrogens is 193 g/mol. The van der Waals surface area contributed by atoms with E-state index in [1.807, 2.05) is 6.92 Å². The minimum Gasteiger partial charge on any atom is -0.229 e. The fourth-order valence-corrected chi connectivity index (χ4v) is 1.45. The zero-order chi connectivity index (χ0) is 9.59. The lowest BCUT2D eigenvalue weighted by Crippen LogP contribution is -1.97. The molecule has 3 nitrogen and oxygen atoms in total. The second-order valence-electron chi connectivity index (χ2n) is 2.87. The summed E-state index contributed by atoms with van der Waals surface area (Å²) in [6, 6.07) is 1.66. The first-order valence-corrected chi connectivity index (χ1v) is 4.15. The van der Waals surface area contributed by atoms with Crippen molar-refractivity contribution in [1.82, 2.24) is 14.6 Å². The molecule has 2 rings (SSSR count). The Morgan fingerprint density at radius 2 is 2.15 bits per heavy atom. The summed E-state index contributed by atoms with van der Waals surface area (Å²) in [7, 11) is 0. The molecule has 2 aromatic rings. The molecule has 0 aromatic carbocycles. The van der Waals surface area contributed by atoms with Crippen molar-refractivity contribution in [2.45, 2.75) is 13.8 Å². The Hall–Kier alpha value is -1.16. The van der Waals surface area contributed by atoms with Gasteiger partial charge in [-0.05, 0) is 25.5 Å². The molecule has 0 bridgehead atoms. The van der Waals surface area contributed by atoms with Gasteiger partial charge < -0.3 is 0 Å². The number of hydrogen-bond acceptors (Lipinski definition) is 2. The molecule has 2 heterocycles. The van der Waals surface area contributed by atoms with E-state index in [2.05, 4.69) is 10.1 Å². The van der Waals surface area contributed by atoms with Crippen LogP contribution in [0.4, 0.5) is 4.39 Å². The van der Waals surface area contributed by atoms with Crippen molar-refractivity contribution < 1.29 is 4.39 Å². The van der Waals surface area contributed by atoms with Gasteiger partial charge in [-0.25, -0.2) is 4.98 Å². The summed E-state index contributed by atoms with van der Waals surface area (Å²) in [5, 5.41) is 4.07. The first kappa shape index (κ1) is 8.44. The van der Waals surface area contributed by atoms with E-state index in [1.165, 1.54) is 0 Å². The average molecular weight is 200 g/mol. The van der Waals surface area contributed by atoms with Crippen LogP contribution in [0.3, 0.4) is 0 Å². The second kappa shape index (κ2) is 2.67. The van der Waals surface area contributed by atoms with Crippen molar-refractivity contribution in [2.24, 2.45) is 0 Å². The molecule has 0 amide bonds. The van der Waals surface area contributed by atoms with E-state index in [0.29, 0.717) is 11.3 Å². The molecule has 0 saturated heterocycles. The number of nitrogens with zero attached hydrogens (tertiary/aromatic N) is 3. The Bertz CT molecular complexity index is 478. The van der Waals surface area contributed by atoms with Crippen LogP contribution in [0.1, 0.15) is 11.3 Å². The van der Waals surface area contributed by atoms with Crippen molar-refractivity contribution in [3.63, 3.8) is 0 Å². The quantitative estimate of drug-likeness (QED) is 0.651. The predicted octanol–water partition coefficient (Wildman–Crippen LogP) is 2.14. The maximum absolute atomic E-state index is 13.3. The van der Waals surface area contributed by atoms with Crippen LogP contribution < -0.4 is 0 Å². The van der Waals surface area contributed by atoms with Crippen LogP contribution in [0.5, 0.6) is 0 Å². The Kier molecular flexibility index (Phi) is 1.73. The third-order valence-electron chi connectivity index (χ3n) is 1.84. The molecule has 2 aromatic heterocycles. The van der Waals surface area contributed by atoms with Gasteiger partial charge >= 0.3 is 0 Å². The number of halogens is 2. The Morgan fingerprint density at radius 1 is 1.46 bits per heavy atom. The predicted molar refractivity (Wildman–Crippen MR) is 47.4 cm³/mol. The summed E-state index contributed by atoms with van der Waals surface area (Å²) < 4.78 is 14.4. The summed E-state index contributed by atoms with van der Waals surface area (Å²) in [5.41, 5.74) is 1.66. The van der Waals surface area contributed by atoms with Gasteiger partial charge in [0.25, 0.3) is 0 Å². The number of aromatic nitrogens is 3. The molecule has 5 heteroatoms. The summed E-state index contributed by atoms with van der Waals surface area (Å²) in [4.78, 5) is 4.02. The van der Waals surface area contributed by atoms with E-state index in [0.717, 1.165) is 10.1 Å². The highest BCUT2D eigenvalue weighted by Gasteiger charge is 2.11. The summed E-state index contributed by atoms with van der Waals surface area (Å²) in [5.74, 6) is -0.458. The highest BCUT2D eigenvalue weighted by molar-refractivity contribution is 6.29. The maximum atomic E-state index is 13.3. The molecule has 0 unspecified atom stereocenters. The molecule has 0 fully saturated rings. The monoisotopic (exact) mass is 199 g/mol. The van der Waals surface area contributed by atoms with Crippen LogP contribution in [-0.4, -0.2) is 14.6 Å². The fourth-order valence-electron chi connectivity index (χ4n) is 1.21. The molecular formula is C8H7ClFN3. The van der Waals surface area contributed by atoms with Crippen LogP contribution in [0.25, 0.3) is 5.65 Å². The number of hydrogen-bond donors (Lipinski definition) is 0. The first-order chi connectivity index (χ1) is 6.09. The van der Waals surface area contributed by atoms with Crippen LogP contribution >= 0.6 is 11.6 Å². The van der Waals surface area contributed by atoms with E-state index in [1.54, 1.807) is 13.0 Å². The molecule has 0 atom stereocenters. The zero-order valence-corrected chi connectivity index (χ0v) is 7.93. The summed E-state index contributed by atoms with van der Waals surface area (Å²) in [6.45, 7) is 3.41. The molecule has 13 heavy (non-hydrogen) atoms. The largest absolute Gasteiger partial charge is 0.237 e. The van der Waals surface area contributed by atoms with Crippen LogP contribution in [-0.2, 0) is 0 Å². The molecule has 0 radical (unpaired) electrons. The van der Waals surface area contributed by atoms with Gasteiger partial charge in [0.05, 0.1) is 5.69 Å². The van der Waals surface area contributed by atoms with Gasteiger partial charge in [0, 0.05) is 0 Å². The lowest BCUT2D eigenvalue weighted by Gasteiger charge is -1.97. The smallest absolute Gasteiger partial charge is 0.229 e. The number of fused-ring (bicyclic) bond motifs is 1. The van der Waals surface area contributed by atoms with E-state index in [-0.39, 0.29) is 5.15 Å². The molecule has 0 N–H and O–H groups in total. The van der Waals surface area contributed by atoms with Gasteiger partial charge in [0.15, 0.2) is 10.8 Å². The minimum absolute atomic E-state index is 0.265. The van der Waals surface area contributed by atoms with Gasteiger partial charge in [-0.1, -0.05) is 11.6 Å². The molecule has 0 saturated carbocycles. The van der Waals surface area contributed by atoms with Gasteiger partial charge in [0.1, 0.15) is 0 Å². The molecule has 0 spiro atoms. The fraction of sp³-hybridized carbons (Fsp3) is 0.250. The lowest BCUT2D eigenvalue weighted by atomic mass is 10.3. The number of rotatable bonds is 0. The summed E-state index contributed by atoms with van der Waals surface area (Å²) in [6.07, 6.45) is 0. The highest BCUT2D eigenvalue weighted by Crippen LogP contribution is 2.15. The van der Waals surface area contributed by atoms with Gasteiger partial charge in [-0.15, -0.1) is 0 Å². The number of imidazole rings is 1. The van der Waals surface area contributed by atoms with Crippen molar-refractivity contribution in [3.8, 4) is 0 Å². The SMILES string of the molecule is Cc1nc2c(C)cc(Cl)nn2c1F. The van der Waals surface area contributed by atoms with E-state index >= 15 is 0 Å². The van der Waals surface area contributed by atoms with Gasteiger partial charge in [-0.3, -0.25) is 0 Å². The highest BCUT2D eigenvalue weighted by atomic mass is 35.5. The first-order valence-electron chi connectivity index (χ1n) is 3.77. The minimum atomic E-state index is -0.458. The standard InChI is InChI=1S/C8H7ClFN3/c1-4-3-6(9)12-13-7(10)5(2)11-8(4)13/h3H,1-2H3. The van der Waals surface area contributed by atoms with Gasteiger partial charge in [0.2, 0.25) is 5.95 Å². The van der Waals surface area contributed by atoms with Crippen molar-refractivity contribution in [1.29, 1.82) is 0 Å². The second-order valence-corrected chi connectivity index (χ2v) is 3.26. The van der Waals surface area contributed by atoms with E-state index < -0.39 is 5.95 Å². The van der Waals surface area contributed by atoms with Crippen molar-refractivity contribution in [2.75, 3.05) is 0 Å². The third-order valence-corrected chi connectivity index (χ3v) is 2.03. The van der Waals surface area contributed by atoms with Gasteiger partial charge in [-0.2, -0.15) is 14.0 Å². The molecule has 0 aliphatic heterocycles. The normalized spacial score (nSPS) is 11.1. The Morgan fingerprint density at radius 3 is 2.85 bits per heavy atom. The summed E-state index contributed by atoms with van der Waals surface area (Å²) >= 11 is 5.68. The molecule has 0 aliphatic carbocycles. The van der Waals surface area contributed by atoms with Crippen LogP contribution in [0, 0.1) is 19.8 Å². The van der Waals surface area contributed by atoms with E-state index in [4.69, 9.17) is 11.6 Å². The average Bonchev–Trinajstić information content (AvgIpc) is 2.32. The third kappa shape index (κ3) is 1.18. The van der Waals surface area contributed by atoms with E-state index in [9.17, 15) is 4.39 Å².